The fourth-order valence-corrected chi connectivity index (χ4v) is 7.25. The number of hydrogen-bond acceptors (Lipinski definition) is 9. The van der Waals surface area contributed by atoms with Crippen LogP contribution in [-0.4, -0.2) is 71.4 Å². The van der Waals surface area contributed by atoms with Crippen LogP contribution in [0.4, 0.5) is 5.69 Å². The molecule has 3 aromatic carbocycles. The third kappa shape index (κ3) is 6.61. The second-order valence-electron chi connectivity index (χ2n) is 9.49. The predicted molar refractivity (Wildman–Crippen MR) is 167 cm³/mol. The molecule has 0 fully saturated rings. The van der Waals surface area contributed by atoms with Gasteiger partial charge in [-0.3, -0.25) is 4.79 Å². The van der Waals surface area contributed by atoms with Crippen molar-refractivity contribution in [3.8, 4) is 28.7 Å². The van der Waals surface area contributed by atoms with Crippen molar-refractivity contribution in [3.05, 3.63) is 66.2 Å². The number of halogens is 1. The number of ether oxygens (including phenoxy) is 5. The van der Waals surface area contributed by atoms with Crippen LogP contribution in [0.25, 0.3) is 0 Å². The highest BCUT2D eigenvalue weighted by Crippen LogP contribution is 2.58. The number of para-hydroxylation sites is 1. The molecule has 2 aliphatic heterocycles. The quantitative estimate of drug-likeness (QED) is 0.230. The van der Waals surface area contributed by atoms with E-state index >= 15 is 0 Å². The standard InChI is InChI=1S/C30H34N2O6S2.ClH/c1-31(15-17-35-22-11-13-26-27(19-22)38-20-37-26)14-7-16-36-25-12-10-21(34-3)18-23(25)30(39-4)29(33)32(2)24-8-5-6-9-28(24)40-30;/h5-6,8-13,18-19H,7,14-17,20H2,1-4H3;1H. The Morgan fingerprint density at radius 1 is 1.00 bits per heavy atom. The summed E-state index contributed by atoms with van der Waals surface area (Å²) in [6, 6.07) is 19.3. The molecule has 0 aliphatic carbocycles. The van der Waals surface area contributed by atoms with Gasteiger partial charge < -0.3 is 33.5 Å². The Morgan fingerprint density at radius 2 is 1.78 bits per heavy atom. The molecule has 1 atom stereocenters. The average Bonchev–Trinajstić information content (AvgIpc) is 3.45. The summed E-state index contributed by atoms with van der Waals surface area (Å²) in [6.45, 7) is 2.94. The average molecular weight is 619 g/mol. The van der Waals surface area contributed by atoms with Crippen LogP contribution < -0.4 is 28.6 Å². The molecule has 220 valence electrons. The number of likely N-dealkylation sites (N-methyl/N-ethyl adjacent to an activating group) is 2. The minimum absolute atomic E-state index is 0. The van der Waals surface area contributed by atoms with Crippen molar-refractivity contribution in [2.75, 3.05) is 65.5 Å². The van der Waals surface area contributed by atoms with Crippen molar-refractivity contribution >= 4 is 47.5 Å². The summed E-state index contributed by atoms with van der Waals surface area (Å²) in [5.41, 5.74) is 1.72. The molecule has 0 radical (unpaired) electrons. The van der Waals surface area contributed by atoms with Crippen LogP contribution in [0.15, 0.2) is 65.6 Å². The molecule has 2 heterocycles. The zero-order valence-electron chi connectivity index (χ0n) is 23.6. The molecule has 1 amide bonds. The Kier molecular flexibility index (Phi) is 10.5. The summed E-state index contributed by atoms with van der Waals surface area (Å²) in [6.07, 6.45) is 2.79. The van der Waals surface area contributed by atoms with E-state index in [2.05, 4.69) is 18.0 Å². The summed E-state index contributed by atoms with van der Waals surface area (Å²) in [5.74, 6) is 3.61. The normalized spacial score (nSPS) is 17.2. The van der Waals surface area contributed by atoms with E-state index in [0.29, 0.717) is 30.5 Å². The fraction of sp³-hybridized carbons (Fsp3) is 0.367. The molecule has 1 unspecified atom stereocenters. The van der Waals surface area contributed by atoms with Crippen LogP contribution in [0.2, 0.25) is 0 Å². The molecular weight excluding hydrogens is 584 g/mol. The second kappa shape index (κ2) is 13.8. The fourth-order valence-electron chi connectivity index (χ4n) is 4.69. The number of hydrogen-bond donors (Lipinski definition) is 0. The maximum absolute atomic E-state index is 13.8. The highest BCUT2D eigenvalue weighted by molar-refractivity contribution is 8.18. The molecule has 0 saturated carbocycles. The Bertz CT molecular complexity index is 1360. The van der Waals surface area contributed by atoms with Crippen LogP contribution in [0.1, 0.15) is 12.0 Å². The Hall–Kier alpha value is -2.92. The van der Waals surface area contributed by atoms with Crippen LogP contribution in [0.5, 0.6) is 28.7 Å². The van der Waals surface area contributed by atoms with Gasteiger partial charge in [-0.05, 0) is 62.2 Å². The lowest BCUT2D eigenvalue weighted by Crippen LogP contribution is -2.44. The number of rotatable bonds is 12. The zero-order valence-corrected chi connectivity index (χ0v) is 26.0. The van der Waals surface area contributed by atoms with Gasteiger partial charge in [-0.25, -0.2) is 0 Å². The molecule has 3 aromatic rings. The molecule has 2 aliphatic rings. The van der Waals surface area contributed by atoms with Crippen LogP contribution >= 0.6 is 35.9 Å². The van der Waals surface area contributed by atoms with Gasteiger partial charge in [-0.1, -0.05) is 23.9 Å². The Labute approximate surface area is 256 Å². The molecule has 41 heavy (non-hydrogen) atoms. The van der Waals surface area contributed by atoms with E-state index in [9.17, 15) is 4.79 Å². The number of anilines is 1. The minimum atomic E-state index is -0.893. The van der Waals surface area contributed by atoms with Crippen molar-refractivity contribution in [1.29, 1.82) is 0 Å². The van der Waals surface area contributed by atoms with E-state index in [-0.39, 0.29) is 25.1 Å². The smallest absolute Gasteiger partial charge is 0.258 e. The summed E-state index contributed by atoms with van der Waals surface area (Å²) < 4.78 is 27.6. The first-order valence-electron chi connectivity index (χ1n) is 13.1. The first kappa shape index (κ1) is 31.0. The van der Waals surface area contributed by atoms with Gasteiger partial charge in [0.05, 0.1) is 19.4 Å². The number of fused-ring (bicyclic) bond motifs is 2. The SMILES string of the molecule is COc1ccc(OCCCN(C)CCOc2ccc3c(c2)OCO3)c(C2(SC)Sc3ccccc3N(C)C2=O)c1.Cl. The number of nitrogens with zero attached hydrogens (tertiary/aromatic N) is 2. The van der Waals surface area contributed by atoms with Gasteiger partial charge in [-0.2, -0.15) is 0 Å². The van der Waals surface area contributed by atoms with Gasteiger partial charge in [-0.15, -0.1) is 24.2 Å². The third-order valence-electron chi connectivity index (χ3n) is 6.92. The molecule has 0 N–H and O–H groups in total. The van der Waals surface area contributed by atoms with Crippen LogP contribution in [0, 0.1) is 0 Å². The summed E-state index contributed by atoms with van der Waals surface area (Å²) >= 11 is 3.07. The van der Waals surface area contributed by atoms with Crippen LogP contribution in [0.3, 0.4) is 0 Å². The molecule has 11 heteroatoms. The van der Waals surface area contributed by atoms with E-state index < -0.39 is 4.08 Å². The number of amides is 1. The van der Waals surface area contributed by atoms with Crippen molar-refractivity contribution in [1.82, 2.24) is 4.90 Å². The lowest BCUT2D eigenvalue weighted by atomic mass is 10.1. The molecule has 0 spiro atoms. The highest BCUT2D eigenvalue weighted by Gasteiger charge is 2.49. The van der Waals surface area contributed by atoms with E-state index in [4.69, 9.17) is 23.7 Å². The Balaban J connectivity index is 0.00000387. The number of thioether (sulfide) groups is 2. The van der Waals surface area contributed by atoms with E-state index in [1.165, 1.54) is 11.8 Å². The molecule has 8 nitrogen and oxygen atoms in total. The first-order chi connectivity index (χ1) is 19.4. The number of carbonyl (C=O) groups excluding carboxylic acids is 1. The van der Waals surface area contributed by atoms with Gasteiger partial charge in [0.25, 0.3) is 5.91 Å². The van der Waals surface area contributed by atoms with Crippen LogP contribution in [-0.2, 0) is 8.87 Å². The zero-order chi connectivity index (χ0) is 28.1. The monoisotopic (exact) mass is 618 g/mol. The molecule has 0 bridgehead atoms. The van der Waals surface area contributed by atoms with E-state index in [1.807, 2.05) is 67.9 Å². The predicted octanol–water partition coefficient (Wildman–Crippen LogP) is 5.91. The molecule has 5 rings (SSSR count). The van der Waals surface area contributed by atoms with Crippen molar-refractivity contribution in [2.45, 2.75) is 15.4 Å². The van der Waals surface area contributed by atoms with Gasteiger partial charge in [0, 0.05) is 36.7 Å². The van der Waals surface area contributed by atoms with Gasteiger partial charge in [0.2, 0.25) is 6.79 Å². The summed E-state index contributed by atoms with van der Waals surface area (Å²) in [5, 5.41) is 0. The largest absolute Gasteiger partial charge is 0.497 e. The van der Waals surface area contributed by atoms with Gasteiger partial charge in [0.1, 0.15) is 23.9 Å². The third-order valence-corrected chi connectivity index (χ3v) is 9.89. The Morgan fingerprint density at radius 3 is 2.59 bits per heavy atom. The maximum atomic E-state index is 13.8. The summed E-state index contributed by atoms with van der Waals surface area (Å²) in [7, 11) is 5.53. The van der Waals surface area contributed by atoms with Crippen molar-refractivity contribution in [2.24, 2.45) is 0 Å². The van der Waals surface area contributed by atoms with Crippen molar-refractivity contribution in [3.63, 3.8) is 0 Å². The second-order valence-corrected chi connectivity index (χ2v) is 12.0. The first-order valence-corrected chi connectivity index (χ1v) is 15.1. The lowest BCUT2D eigenvalue weighted by molar-refractivity contribution is -0.118. The number of methoxy groups -OCH3 is 1. The minimum Gasteiger partial charge on any atom is -0.497 e. The molecule has 0 aromatic heterocycles. The molecule has 0 saturated heterocycles. The molecular formula is C30H35ClN2O6S2. The van der Waals surface area contributed by atoms with E-state index in [1.54, 1.807) is 23.8 Å². The number of benzene rings is 3. The topological polar surface area (TPSA) is 69.7 Å². The van der Waals surface area contributed by atoms with Gasteiger partial charge in [0.15, 0.2) is 15.6 Å². The lowest BCUT2D eigenvalue weighted by Gasteiger charge is -2.40. The summed E-state index contributed by atoms with van der Waals surface area (Å²) in [4.78, 5) is 18.8. The maximum Gasteiger partial charge on any atom is 0.258 e. The van der Waals surface area contributed by atoms with Gasteiger partial charge >= 0.3 is 0 Å². The number of carbonyl (C=O) groups is 1. The van der Waals surface area contributed by atoms with Crippen molar-refractivity contribution < 1.29 is 28.5 Å². The highest BCUT2D eigenvalue weighted by atomic mass is 35.5. The van der Waals surface area contributed by atoms with E-state index in [0.717, 1.165) is 47.2 Å².